The number of hydrazone groups is 1. The van der Waals surface area contributed by atoms with Crippen molar-refractivity contribution < 1.29 is 14.3 Å². The molecule has 7 heteroatoms. The quantitative estimate of drug-likeness (QED) is 0.674. The summed E-state index contributed by atoms with van der Waals surface area (Å²) in [4.78, 5) is 12.2. The van der Waals surface area contributed by atoms with Crippen LogP contribution in [-0.2, 0) is 7.05 Å². The summed E-state index contributed by atoms with van der Waals surface area (Å²) >= 11 is 0. The number of carbonyl (C=O) groups excluding carboxylic acids is 1. The first-order valence-electron chi connectivity index (χ1n) is 7.03. The third kappa shape index (κ3) is 3.50. The zero-order valence-corrected chi connectivity index (χ0v) is 13.9. The molecule has 0 atom stereocenters. The van der Waals surface area contributed by atoms with Gasteiger partial charge in [-0.2, -0.15) is 10.2 Å². The summed E-state index contributed by atoms with van der Waals surface area (Å²) in [5.74, 6) is 0.946. The van der Waals surface area contributed by atoms with Crippen LogP contribution < -0.4 is 14.9 Å². The van der Waals surface area contributed by atoms with Crippen LogP contribution in [0.5, 0.6) is 11.5 Å². The molecule has 23 heavy (non-hydrogen) atoms. The molecule has 0 aliphatic rings. The highest BCUT2D eigenvalue weighted by atomic mass is 16.5. The van der Waals surface area contributed by atoms with Crippen LogP contribution in [0.2, 0.25) is 0 Å². The summed E-state index contributed by atoms with van der Waals surface area (Å²) in [6.45, 7) is 3.63. The minimum Gasteiger partial charge on any atom is -0.493 e. The van der Waals surface area contributed by atoms with Crippen molar-refractivity contribution >= 4 is 12.1 Å². The molecule has 0 aliphatic heterocycles. The smallest absolute Gasteiger partial charge is 0.275 e. The van der Waals surface area contributed by atoms with Crippen molar-refractivity contribution in [3.63, 3.8) is 0 Å². The zero-order valence-electron chi connectivity index (χ0n) is 13.9. The lowest BCUT2D eigenvalue weighted by Crippen LogP contribution is -2.19. The fourth-order valence-corrected chi connectivity index (χ4v) is 2.26. The Morgan fingerprint density at radius 1 is 1.26 bits per heavy atom. The average Bonchev–Trinajstić information content (AvgIpc) is 2.79. The first-order chi connectivity index (χ1) is 11.0. The average molecular weight is 316 g/mol. The zero-order chi connectivity index (χ0) is 17.0. The fourth-order valence-electron chi connectivity index (χ4n) is 2.26. The second kappa shape index (κ2) is 6.95. The first-order valence-corrected chi connectivity index (χ1v) is 7.03. The van der Waals surface area contributed by atoms with Gasteiger partial charge in [0.05, 0.1) is 31.7 Å². The number of hydrogen-bond acceptors (Lipinski definition) is 5. The van der Waals surface area contributed by atoms with Crippen molar-refractivity contribution in [1.29, 1.82) is 0 Å². The molecule has 0 saturated heterocycles. The van der Waals surface area contributed by atoms with E-state index in [1.165, 1.54) is 0 Å². The van der Waals surface area contributed by atoms with Crippen molar-refractivity contribution in [2.75, 3.05) is 14.2 Å². The molecular formula is C16H20N4O3. The number of rotatable bonds is 5. The fraction of sp³-hybridized carbons (Fsp3) is 0.312. The maximum Gasteiger partial charge on any atom is 0.275 e. The van der Waals surface area contributed by atoms with E-state index in [9.17, 15) is 4.79 Å². The molecule has 0 fully saturated rings. The molecule has 0 aliphatic carbocycles. The molecule has 0 bridgehead atoms. The number of methoxy groups -OCH3 is 2. The molecule has 0 radical (unpaired) electrons. The van der Waals surface area contributed by atoms with Crippen LogP contribution >= 0.6 is 0 Å². The SMILES string of the molecule is COc1ccc(C=NNC(=O)c2c(C)nn(C)c2C)cc1OC. The monoisotopic (exact) mass is 316 g/mol. The number of aromatic nitrogens is 2. The number of nitrogens with zero attached hydrogens (tertiary/aromatic N) is 3. The van der Waals surface area contributed by atoms with Gasteiger partial charge in [0, 0.05) is 12.7 Å². The maximum atomic E-state index is 12.2. The van der Waals surface area contributed by atoms with Gasteiger partial charge in [-0.05, 0) is 37.6 Å². The molecule has 1 N–H and O–H groups in total. The predicted molar refractivity (Wildman–Crippen MR) is 87.3 cm³/mol. The van der Waals surface area contributed by atoms with Crippen LogP contribution in [-0.4, -0.2) is 36.1 Å². The van der Waals surface area contributed by atoms with Crippen molar-refractivity contribution in [2.45, 2.75) is 13.8 Å². The van der Waals surface area contributed by atoms with E-state index in [4.69, 9.17) is 9.47 Å². The summed E-state index contributed by atoms with van der Waals surface area (Å²) in [7, 11) is 4.94. The Kier molecular flexibility index (Phi) is 5.00. The Balaban J connectivity index is 2.11. The van der Waals surface area contributed by atoms with Crippen LogP contribution in [0.25, 0.3) is 0 Å². The van der Waals surface area contributed by atoms with Gasteiger partial charge in [0.25, 0.3) is 5.91 Å². The Morgan fingerprint density at radius 2 is 1.96 bits per heavy atom. The van der Waals surface area contributed by atoms with Crippen molar-refractivity contribution in [2.24, 2.45) is 12.1 Å². The molecule has 7 nitrogen and oxygen atoms in total. The highest BCUT2D eigenvalue weighted by Crippen LogP contribution is 2.26. The molecule has 2 rings (SSSR count). The third-order valence-corrected chi connectivity index (χ3v) is 3.52. The minimum atomic E-state index is -0.287. The molecule has 1 amide bonds. The summed E-state index contributed by atoms with van der Waals surface area (Å²) < 4.78 is 12.1. The molecule has 0 saturated carbocycles. The summed E-state index contributed by atoms with van der Waals surface area (Å²) in [6, 6.07) is 5.37. The van der Waals surface area contributed by atoms with Gasteiger partial charge in [-0.25, -0.2) is 5.43 Å². The number of carbonyl (C=O) groups is 1. The molecule has 0 unspecified atom stereocenters. The van der Waals surface area contributed by atoms with Gasteiger partial charge in [-0.15, -0.1) is 0 Å². The Morgan fingerprint density at radius 3 is 2.52 bits per heavy atom. The minimum absolute atomic E-state index is 0.287. The van der Waals surface area contributed by atoms with Gasteiger partial charge >= 0.3 is 0 Å². The topological polar surface area (TPSA) is 77.7 Å². The second-order valence-electron chi connectivity index (χ2n) is 4.98. The van der Waals surface area contributed by atoms with E-state index < -0.39 is 0 Å². The van der Waals surface area contributed by atoms with Crippen molar-refractivity contribution in [3.8, 4) is 11.5 Å². The van der Waals surface area contributed by atoms with Crippen LogP contribution in [0.15, 0.2) is 23.3 Å². The molecule has 122 valence electrons. The lowest BCUT2D eigenvalue weighted by Gasteiger charge is -2.07. The van der Waals surface area contributed by atoms with Gasteiger partial charge < -0.3 is 9.47 Å². The number of hydrogen-bond donors (Lipinski definition) is 1. The normalized spacial score (nSPS) is 10.8. The number of aryl methyl sites for hydroxylation is 2. The van der Waals surface area contributed by atoms with E-state index in [2.05, 4.69) is 15.6 Å². The second-order valence-corrected chi connectivity index (χ2v) is 4.98. The standard InChI is InChI=1S/C16H20N4O3/c1-10-15(11(2)20(3)19-10)16(21)18-17-9-12-6-7-13(22-4)14(8-12)23-5/h6-9H,1-5H3,(H,18,21). The third-order valence-electron chi connectivity index (χ3n) is 3.52. The summed E-state index contributed by atoms with van der Waals surface area (Å²) in [6.07, 6.45) is 1.54. The largest absolute Gasteiger partial charge is 0.493 e. The number of amides is 1. The summed E-state index contributed by atoms with van der Waals surface area (Å²) in [5.41, 5.74) is 5.30. The molecule has 2 aromatic rings. The van der Waals surface area contributed by atoms with E-state index >= 15 is 0 Å². The first kappa shape index (κ1) is 16.5. The van der Waals surface area contributed by atoms with E-state index in [0.717, 1.165) is 11.3 Å². The highest BCUT2D eigenvalue weighted by Gasteiger charge is 2.16. The predicted octanol–water partition coefficient (Wildman–Crippen LogP) is 1.82. The molecular weight excluding hydrogens is 296 g/mol. The van der Waals surface area contributed by atoms with Crippen LogP contribution in [0.3, 0.4) is 0 Å². The summed E-state index contributed by atoms with van der Waals surface area (Å²) in [5, 5.41) is 8.20. The van der Waals surface area contributed by atoms with Crippen LogP contribution in [0.4, 0.5) is 0 Å². The van der Waals surface area contributed by atoms with E-state index in [0.29, 0.717) is 22.8 Å². The van der Waals surface area contributed by atoms with E-state index in [-0.39, 0.29) is 5.91 Å². The van der Waals surface area contributed by atoms with E-state index in [1.54, 1.807) is 51.2 Å². The Bertz CT molecular complexity index is 750. The van der Waals surface area contributed by atoms with Gasteiger partial charge in [0.1, 0.15) is 0 Å². The number of nitrogens with one attached hydrogen (secondary N) is 1. The van der Waals surface area contributed by atoms with Gasteiger partial charge in [0.2, 0.25) is 0 Å². The van der Waals surface area contributed by atoms with Gasteiger partial charge in [0.15, 0.2) is 11.5 Å². The van der Waals surface area contributed by atoms with Crippen molar-refractivity contribution in [1.82, 2.24) is 15.2 Å². The number of ether oxygens (including phenoxy) is 2. The highest BCUT2D eigenvalue weighted by molar-refractivity contribution is 5.97. The van der Waals surface area contributed by atoms with Gasteiger partial charge in [-0.3, -0.25) is 9.48 Å². The maximum absolute atomic E-state index is 12.2. The molecule has 1 aromatic heterocycles. The lowest BCUT2D eigenvalue weighted by molar-refractivity contribution is 0.0954. The lowest BCUT2D eigenvalue weighted by atomic mass is 10.2. The van der Waals surface area contributed by atoms with Crippen molar-refractivity contribution in [3.05, 3.63) is 40.7 Å². The Labute approximate surface area is 134 Å². The Hall–Kier alpha value is -2.83. The van der Waals surface area contributed by atoms with E-state index in [1.807, 2.05) is 13.0 Å². The number of benzene rings is 1. The molecule has 1 aromatic carbocycles. The van der Waals surface area contributed by atoms with Crippen LogP contribution in [0.1, 0.15) is 27.3 Å². The molecule has 1 heterocycles. The molecule has 0 spiro atoms. The van der Waals surface area contributed by atoms with Crippen LogP contribution in [0, 0.1) is 13.8 Å². The van der Waals surface area contributed by atoms with Gasteiger partial charge in [-0.1, -0.05) is 0 Å².